The van der Waals surface area contributed by atoms with Crippen LogP contribution in [0, 0.1) is 12.8 Å². The number of fused-ring (bicyclic) bond motifs is 1. The van der Waals surface area contributed by atoms with Crippen LogP contribution in [0.4, 0.5) is 5.82 Å². The minimum absolute atomic E-state index is 0.210. The summed E-state index contributed by atoms with van der Waals surface area (Å²) in [7, 11) is 0. The number of thiophene rings is 1. The Kier molecular flexibility index (Phi) is 4.97. The van der Waals surface area contributed by atoms with E-state index in [-0.39, 0.29) is 11.2 Å². The molecule has 3 aromatic rings. The van der Waals surface area contributed by atoms with Gasteiger partial charge < -0.3 is 10.0 Å². The van der Waals surface area contributed by atoms with Gasteiger partial charge in [-0.3, -0.25) is 4.79 Å². The molecule has 0 radical (unpaired) electrons. The van der Waals surface area contributed by atoms with Crippen molar-refractivity contribution in [3.05, 3.63) is 39.4 Å². The number of rotatable bonds is 3. The molecule has 0 amide bonds. The standard InChI is InChI=1S/C19H17Cl2N3O2S/c1-10-14(11-2-4-13(20)5-3-11)15-16(22-19(21)23-17(15)27-10)24-8-6-12(7-9-24)18(25)26/h2-5,12H,6-9H2,1H3,(H,25,26). The molecule has 0 aliphatic carbocycles. The van der Waals surface area contributed by atoms with E-state index in [2.05, 4.69) is 21.8 Å². The summed E-state index contributed by atoms with van der Waals surface area (Å²) in [6, 6.07) is 7.72. The monoisotopic (exact) mass is 421 g/mol. The first-order valence-electron chi connectivity index (χ1n) is 8.64. The number of nitrogens with zero attached hydrogens (tertiary/aromatic N) is 3. The number of carbonyl (C=O) groups is 1. The quantitative estimate of drug-likeness (QED) is 0.582. The van der Waals surface area contributed by atoms with Gasteiger partial charge in [0.25, 0.3) is 0 Å². The molecule has 3 heterocycles. The zero-order valence-corrected chi connectivity index (χ0v) is 16.9. The van der Waals surface area contributed by atoms with E-state index in [1.165, 1.54) is 0 Å². The molecule has 0 atom stereocenters. The Hall–Kier alpha value is -1.89. The van der Waals surface area contributed by atoms with Crippen molar-refractivity contribution in [1.29, 1.82) is 0 Å². The van der Waals surface area contributed by atoms with Gasteiger partial charge in [0, 0.05) is 28.6 Å². The molecule has 1 aliphatic rings. The second kappa shape index (κ2) is 7.26. The van der Waals surface area contributed by atoms with Crippen LogP contribution in [0.1, 0.15) is 17.7 Å². The summed E-state index contributed by atoms with van der Waals surface area (Å²) >= 11 is 13.8. The number of hydrogen-bond donors (Lipinski definition) is 1. The van der Waals surface area contributed by atoms with Crippen molar-refractivity contribution < 1.29 is 9.90 Å². The highest BCUT2D eigenvalue weighted by Gasteiger charge is 2.28. The van der Waals surface area contributed by atoms with E-state index < -0.39 is 5.97 Å². The molecule has 0 spiro atoms. The number of piperidine rings is 1. The number of benzene rings is 1. The molecular weight excluding hydrogens is 405 g/mol. The molecular formula is C19H17Cl2N3O2S. The average molecular weight is 422 g/mol. The summed E-state index contributed by atoms with van der Waals surface area (Å²) in [5.41, 5.74) is 2.13. The highest BCUT2D eigenvalue weighted by atomic mass is 35.5. The number of carboxylic acids is 1. The van der Waals surface area contributed by atoms with Crippen molar-refractivity contribution in [2.75, 3.05) is 18.0 Å². The molecule has 2 aromatic heterocycles. The lowest BCUT2D eigenvalue weighted by molar-refractivity contribution is -0.142. The molecule has 1 aromatic carbocycles. The molecule has 140 valence electrons. The first kappa shape index (κ1) is 18.5. The van der Waals surface area contributed by atoms with Gasteiger partial charge in [0.15, 0.2) is 0 Å². The van der Waals surface area contributed by atoms with Crippen molar-refractivity contribution >= 4 is 56.5 Å². The van der Waals surface area contributed by atoms with Crippen LogP contribution in [-0.4, -0.2) is 34.1 Å². The molecule has 27 heavy (non-hydrogen) atoms. The molecule has 0 unspecified atom stereocenters. The fourth-order valence-electron chi connectivity index (χ4n) is 3.60. The van der Waals surface area contributed by atoms with E-state index in [0.29, 0.717) is 31.0 Å². The predicted octanol–water partition coefficient (Wildman–Crippen LogP) is 5.27. The first-order valence-corrected chi connectivity index (χ1v) is 10.2. The summed E-state index contributed by atoms with van der Waals surface area (Å²) in [4.78, 5) is 24.3. The topological polar surface area (TPSA) is 66.3 Å². The van der Waals surface area contributed by atoms with Crippen LogP contribution in [0.3, 0.4) is 0 Å². The van der Waals surface area contributed by atoms with E-state index >= 15 is 0 Å². The van der Waals surface area contributed by atoms with Gasteiger partial charge in [-0.05, 0) is 49.1 Å². The van der Waals surface area contributed by atoms with Gasteiger partial charge >= 0.3 is 5.97 Å². The lowest BCUT2D eigenvalue weighted by atomic mass is 9.96. The summed E-state index contributed by atoms with van der Waals surface area (Å²) in [5.74, 6) is -0.245. The third kappa shape index (κ3) is 3.49. The van der Waals surface area contributed by atoms with E-state index in [1.54, 1.807) is 11.3 Å². The number of aryl methyl sites for hydroxylation is 1. The average Bonchev–Trinajstić information content (AvgIpc) is 2.97. The van der Waals surface area contributed by atoms with Crippen LogP contribution in [0.15, 0.2) is 24.3 Å². The number of halogens is 2. The number of anilines is 1. The van der Waals surface area contributed by atoms with Crippen molar-refractivity contribution in [3.8, 4) is 11.1 Å². The zero-order chi connectivity index (χ0) is 19.1. The smallest absolute Gasteiger partial charge is 0.306 e. The Balaban J connectivity index is 1.83. The normalized spacial score (nSPS) is 15.4. The van der Waals surface area contributed by atoms with Crippen molar-refractivity contribution in [1.82, 2.24) is 9.97 Å². The highest BCUT2D eigenvalue weighted by Crippen LogP contribution is 2.43. The van der Waals surface area contributed by atoms with Gasteiger partial charge in [-0.25, -0.2) is 4.98 Å². The summed E-state index contributed by atoms with van der Waals surface area (Å²) < 4.78 is 0. The number of hydrogen-bond acceptors (Lipinski definition) is 5. The summed E-state index contributed by atoms with van der Waals surface area (Å²) in [5, 5.41) is 11.1. The second-order valence-corrected chi connectivity index (χ2v) is 8.61. The van der Waals surface area contributed by atoms with Crippen molar-refractivity contribution in [2.24, 2.45) is 5.92 Å². The third-order valence-electron chi connectivity index (χ3n) is 4.96. The lowest BCUT2D eigenvalue weighted by Crippen LogP contribution is -2.37. The van der Waals surface area contributed by atoms with Gasteiger partial charge in [0.1, 0.15) is 10.6 Å². The molecule has 1 aliphatic heterocycles. The molecule has 1 fully saturated rings. The van der Waals surface area contributed by atoms with Gasteiger partial charge in [-0.2, -0.15) is 4.98 Å². The minimum atomic E-state index is -0.728. The molecule has 1 saturated heterocycles. The van der Waals surface area contributed by atoms with Crippen LogP contribution >= 0.6 is 34.5 Å². The number of carboxylic acid groups (broad SMARTS) is 1. The van der Waals surface area contributed by atoms with Crippen LogP contribution in [0.2, 0.25) is 10.3 Å². The number of aliphatic carboxylic acids is 1. The van der Waals surface area contributed by atoms with Crippen LogP contribution < -0.4 is 4.90 Å². The molecule has 0 bridgehead atoms. The lowest BCUT2D eigenvalue weighted by Gasteiger charge is -2.31. The molecule has 0 saturated carbocycles. The SMILES string of the molecule is Cc1sc2nc(Cl)nc(N3CCC(C(=O)O)CC3)c2c1-c1ccc(Cl)cc1. The van der Waals surface area contributed by atoms with E-state index in [9.17, 15) is 9.90 Å². The highest BCUT2D eigenvalue weighted by molar-refractivity contribution is 7.19. The van der Waals surface area contributed by atoms with Crippen molar-refractivity contribution in [2.45, 2.75) is 19.8 Å². The van der Waals surface area contributed by atoms with Gasteiger partial charge in [0.2, 0.25) is 5.28 Å². The molecule has 4 rings (SSSR count). The van der Waals surface area contributed by atoms with Crippen molar-refractivity contribution in [3.63, 3.8) is 0 Å². The fourth-order valence-corrected chi connectivity index (χ4v) is 4.98. The van der Waals surface area contributed by atoms with Crippen LogP contribution in [0.25, 0.3) is 21.3 Å². The first-order chi connectivity index (χ1) is 12.9. The Labute approximate surface area is 170 Å². The molecule has 1 N–H and O–H groups in total. The van der Waals surface area contributed by atoms with E-state index in [1.807, 2.05) is 24.3 Å². The van der Waals surface area contributed by atoms with Gasteiger partial charge in [-0.15, -0.1) is 11.3 Å². The molecule has 8 heteroatoms. The zero-order valence-electron chi connectivity index (χ0n) is 14.6. The Bertz CT molecular complexity index is 1010. The maximum absolute atomic E-state index is 11.3. The molecule has 5 nitrogen and oxygen atoms in total. The van der Waals surface area contributed by atoms with Crippen LogP contribution in [0.5, 0.6) is 0 Å². The summed E-state index contributed by atoms with van der Waals surface area (Å²) in [6.45, 7) is 3.33. The Morgan fingerprint density at radius 3 is 2.48 bits per heavy atom. The largest absolute Gasteiger partial charge is 0.481 e. The van der Waals surface area contributed by atoms with Crippen LogP contribution in [-0.2, 0) is 4.79 Å². The van der Waals surface area contributed by atoms with E-state index in [4.69, 9.17) is 23.2 Å². The minimum Gasteiger partial charge on any atom is -0.481 e. The fraction of sp³-hybridized carbons (Fsp3) is 0.316. The summed E-state index contributed by atoms with van der Waals surface area (Å²) in [6.07, 6.45) is 1.19. The third-order valence-corrected chi connectivity index (χ3v) is 6.38. The second-order valence-electron chi connectivity index (χ2n) is 6.64. The maximum Gasteiger partial charge on any atom is 0.306 e. The number of aromatic nitrogens is 2. The van der Waals surface area contributed by atoms with Gasteiger partial charge in [-0.1, -0.05) is 23.7 Å². The van der Waals surface area contributed by atoms with Gasteiger partial charge in [0.05, 0.1) is 11.3 Å². The Morgan fingerprint density at radius 1 is 1.19 bits per heavy atom. The van der Waals surface area contributed by atoms with E-state index in [0.717, 1.165) is 32.0 Å². The predicted molar refractivity (Wildman–Crippen MR) is 110 cm³/mol. The maximum atomic E-state index is 11.3. The Morgan fingerprint density at radius 2 is 1.85 bits per heavy atom.